The fourth-order valence-corrected chi connectivity index (χ4v) is 4.35. The van der Waals surface area contributed by atoms with Crippen molar-refractivity contribution in [3.63, 3.8) is 0 Å². The number of aromatic amines is 1. The molecule has 0 bridgehead atoms. The van der Waals surface area contributed by atoms with Crippen LogP contribution in [0.15, 0.2) is 30.0 Å². The molecule has 0 radical (unpaired) electrons. The highest BCUT2D eigenvalue weighted by Crippen LogP contribution is 2.24. The Hall–Kier alpha value is -2.15. The Morgan fingerprint density at radius 1 is 1.37 bits per heavy atom. The standard InChI is InChI=1S/C20H28N4O2S/c1-2-24(13-17-9-6-10-27-17)20(26)18(11-16-12-21-14-22-16)23-19(25)15-7-4-3-5-8-15/h6,9-10,12,14-15,18H,2-5,7-8,11,13H2,1H3,(H,21,22)(H,23,25)/t18-/m0/s1. The monoisotopic (exact) mass is 388 g/mol. The van der Waals surface area contributed by atoms with Gasteiger partial charge >= 0.3 is 0 Å². The van der Waals surface area contributed by atoms with Crippen LogP contribution in [0.2, 0.25) is 0 Å². The number of amides is 2. The molecule has 2 aromatic heterocycles. The molecule has 27 heavy (non-hydrogen) atoms. The number of thiophene rings is 1. The second-order valence-corrected chi connectivity index (χ2v) is 8.14. The summed E-state index contributed by atoms with van der Waals surface area (Å²) >= 11 is 1.64. The number of likely N-dealkylation sites (N-methyl/N-ethyl adjacent to an activating group) is 1. The summed E-state index contributed by atoms with van der Waals surface area (Å²) in [6, 6.07) is 3.45. The van der Waals surface area contributed by atoms with Gasteiger partial charge in [0, 0.05) is 35.7 Å². The summed E-state index contributed by atoms with van der Waals surface area (Å²) in [5.41, 5.74) is 0.851. The smallest absolute Gasteiger partial charge is 0.245 e. The zero-order chi connectivity index (χ0) is 19.1. The molecule has 2 aromatic rings. The minimum absolute atomic E-state index is 0.0136. The van der Waals surface area contributed by atoms with Gasteiger partial charge in [-0.3, -0.25) is 9.59 Å². The number of H-pyrrole nitrogens is 1. The summed E-state index contributed by atoms with van der Waals surface area (Å²) in [6.07, 6.45) is 8.97. The van der Waals surface area contributed by atoms with E-state index in [0.29, 0.717) is 19.5 Å². The van der Waals surface area contributed by atoms with Crippen molar-refractivity contribution in [1.29, 1.82) is 0 Å². The van der Waals surface area contributed by atoms with E-state index in [0.717, 1.165) is 36.3 Å². The number of hydrogen-bond donors (Lipinski definition) is 2. The molecule has 1 saturated carbocycles. The van der Waals surface area contributed by atoms with Crippen LogP contribution in [0.25, 0.3) is 0 Å². The first-order valence-electron chi connectivity index (χ1n) is 9.76. The third kappa shape index (κ3) is 5.42. The Labute approximate surface area is 164 Å². The molecular weight excluding hydrogens is 360 g/mol. The first-order valence-corrected chi connectivity index (χ1v) is 10.6. The van der Waals surface area contributed by atoms with Gasteiger partial charge < -0.3 is 15.2 Å². The number of hydrogen-bond acceptors (Lipinski definition) is 4. The second-order valence-electron chi connectivity index (χ2n) is 7.11. The van der Waals surface area contributed by atoms with Crippen molar-refractivity contribution in [3.05, 3.63) is 40.6 Å². The number of carbonyl (C=O) groups is 2. The highest BCUT2D eigenvalue weighted by Gasteiger charge is 2.29. The van der Waals surface area contributed by atoms with Crippen LogP contribution in [0.5, 0.6) is 0 Å². The molecule has 2 amide bonds. The van der Waals surface area contributed by atoms with Crippen molar-refractivity contribution in [2.24, 2.45) is 5.92 Å². The molecule has 0 aliphatic heterocycles. The molecule has 3 rings (SSSR count). The van der Waals surface area contributed by atoms with Crippen LogP contribution >= 0.6 is 11.3 Å². The van der Waals surface area contributed by atoms with E-state index in [4.69, 9.17) is 0 Å². The van der Waals surface area contributed by atoms with Gasteiger partial charge in [-0.15, -0.1) is 11.3 Å². The Morgan fingerprint density at radius 2 is 2.19 bits per heavy atom. The SMILES string of the molecule is CCN(Cc1cccs1)C(=O)[C@H](Cc1cnc[nH]1)NC(=O)C1CCCCC1. The van der Waals surface area contributed by atoms with Crippen LogP contribution in [0.1, 0.15) is 49.6 Å². The summed E-state index contributed by atoms with van der Waals surface area (Å²) in [6.45, 7) is 3.16. The van der Waals surface area contributed by atoms with Crippen LogP contribution in [0.4, 0.5) is 0 Å². The topological polar surface area (TPSA) is 78.1 Å². The van der Waals surface area contributed by atoms with E-state index >= 15 is 0 Å². The number of nitrogens with one attached hydrogen (secondary N) is 2. The molecule has 6 nitrogen and oxygen atoms in total. The Morgan fingerprint density at radius 3 is 2.81 bits per heavy atom. The molecule has 0 spiro atoms. The molecule has 1 atom stereocenters. The van der Waals surface area contributed by atoms with Crippen LogP contribution in [-0.2, 0) is 22.6 Å². The molecule has 2 N–H and O–H groups in total. The van der Waals surface area contributed by atoms with Gasteiger partial charge in [-0.2, -0.15) is 0 Å². The number of carbonyl (C=O) groups excluding carboxylic acids is 2. The summed E-state index contributed by atoms with van der Waals surface area (Å²) in [5, 5.41) is 5.06. The molecule has 7 heteroatoms. The van der Waals surface area contributed by atoms with Crippen molar-refractivity contribution in [3.8, 4) is 0 Å². The van der Waals surface area contributed by atoms with E-state index < -0.39 is 6.04 Å². The van der Waals surface area contributed by atoms with Gasteiger partial charge in [0.25, 0.3) is 0 Å². The van der Waals surface area contributed by atoms with Crippen LogP contribution < -0.4 is 5.32 Å². The predicted octanol–water partition coefficient (Wildman–Crippen LogP) is 3.13. The van der Waals surface area contributed by atoms with Gasteiger partial charge in [-0.05, 0) is 31.2 Å². The molecule has 1 fully saturated rings. The molecule has 2 heterocycles. The summed E-state index contributed by atoms with van der Waals surface area (Å²) < 4.78 is 0. The quantitative estimate of drug-likeness (QED) is 0.729. The third-order valence-corrected chi connectivity index (χ3v) is 6.05. The lowest BCUT2D eigenvalue weighted by molar-refractivity contribution is -0.138. The molecule has 1 aliphatic carbocycles. The van der Waals surface area contributed by atoms with Crippen molar-refractivity contribution in [1.82, 2.24) is 20.2 Å². The Kier molecular flexibility index (Phi) is 7.04. The van der Waals surface area contributed by atoms with E-state index in [1.165, 1.54) is 6.42 Å². The fourth-order valence-electron chi connectivity index (χ4n) is 3.63. The van der Waals surface area contributed by atoms with Crippen LogP contribution in [0.3, 0.4) is 0 Å². The molecule has 1 aliphatic rings. The first-order chi connectivity index (χ1) is 13.2. The lowest BCUT2D eigenvalue weighted by Gasteiger charge is -2.28. The second kappa shape index (κ2) is 9.69. The average Bonchev–Trinajstić information content (AvgIpc) is 3.39. The highest BCUT2D eigenvalue weighted by molar-refractivity contribution is 7.09. The molecule has 0 aromatic carbocycles. The predicted molar refractivity (Wildman–Crippen MR) is 106 cm³/mol. The molecular formula is C20H28N4O2S. The molecule has 0 saturated heterocycles. The van der Waals surface area contributed by atoms with Crippen molar-refractivity contribution < 1.29 is 9.59 Å². The lowest BCUT2D eigenvalue weighted by Crippen LogP contribution is -2.51. The van der Waals surface area contributed by atoms with E-state index in [9.17, 15) is 9.59 Å². The maximum atomic E-state index is 13.2. The van der Waals surface area contributed by atoms with E-state index in [1.807, 2.05) is 29.3 Å². The van der Waals surface area contributed by atoms with Gasteiger partial charge in [0.15, 0.2) is 0 Å². The maximum Gasteiger partial charge on any atom is 0.245 e. The van der Waals surface area contributed by atoms with Gasteiger partial charge in [-0.1, -0.05) is 25.3 Å². The van der Waals surface area contributed by atoms with Crippen molar-refractivity contribution in [2.75, 3.05) is 6.54 Å². The van der Waals surface area contributed by atoms with Crippen LogP contribution in [0, 0.1) is 5.92 Å². The van der Waals surface area contributed by atoms with E-state index in [-0.39, 0.29) is 17.7 Å². The summed E-state index contributed by atoms with van der Waals surface area (Å²) in [5.74, 6) is 0.00703. The first kappa shape index (κ1) is 19.6. The van der Waals surface area contributed by atoms with Gasteiger partial charge in [0.1, 0.15) is 6.04 Å². The molecule has 0 unspecified atom stereocenters. The highest BCUT2D eigenvalue weighted by atomic mass is 32.1. The third-order valence-electron chi connectivity index (χ3n) is 5.19. The number of rotatable bonds is 8. The number of aromatic nitrogens is 2. The maximum absolute atomic E-state index is 13.2. The Bertz CT molecular complexity index is 708. The normalized spacial score (nSPS) is 16.0. The van der Waals surface area contributed by atoms with Crippen LogP contribution in [-0.4, -0.2) is 39.3 Å². The largest absolute Gasteiger partial charge is 0.348 e. The minimum atomic E-state index is -0.570. The average molecular weight is 389 g/mol. The zero-order valence-electron chi connectivity index (χ0n) is 15.8. The fraction of sp³-hybridized carbons (Fsp3) is 0.550. The number of imidazole rings is 1. The van der Waals surface area contributed by atoms with Crippen molar-refractivity contribution in [2.45, 2.75) is 58.0 Å². The van der Waals surface area contributed by atoms with E-state index in [1.54, 1.807) is 23.9 Å². The van der Waals surface area contributed by atoms with Crippen molar-refractivity contribution >= 4 is 23.2 Å². The lowest BCUT2D eigenvalue weighted by atomic mass is 9.88. The molecule has 146 valence electrons. The van der Waals surface area contributed by atoms with Gasteiger partial charge in [0.2, 0.25) is 11.8 Å². The van der Waals surface area contributed by atoms with Gasteiger partial charge in [-0.25, -0.2) is 4.98 Å². The summed E-state index contributed by atoms with van der Waals surface area (Å²) in [4.78, 5) is 36.0. The van der Waals surface area contributed by atoms with Gasteiger partial charge in [0.05, 0.1) is 12.9 Å². The zero-order valence-corrected chi connectivity index (χ0v) is 16.6. The minimum Gasteiger partial charge on any atom is -0.348 e. The Balaban J connectivity index is 1.71. The summed E-state index contributed by atoms with van der Waals surface area (Å²) in [7, 11) is 0. The van der Waals surface area contributed by atoms with E-state index in [2.05, 4.69) is 15.3 Å². The number of nitrogens with zero attached hydrogens (tertiary/aromatic N) is 2.